The number of carbonyl (C=O) groups excluding carboxylic acids is 1. The van der Waals surface area contributed by atoms with Gasteiger partial charge in [0.25, 0.3) is 0 Å². The van der Waals surface area contributed by atoms with E-state index in [0.29, 0.717) is 24.7 Å². The van der Waals surface area contributed by atoms with Gasteiger partial charge in [0.15, 0.2) is 0 Å². The molecule has 0 fully saturated rings. The van der Waals surface area contributed by atoms with Gasteiger partial charge in [-0.15, -0.1) is 11.6 Å². The Balaban J connectivity index is 2.22. The normalized spacial score (nSPS) is 10.2. The third kappa shape index (κ3) is 3.80. The third-order valence-corrected chi connectivity index (χ3v) is 2.91. The SMILES string of the molecule is O=C(CCCl)N(Cc1ccccc1)c1ccccn1. The predicted molar refractivity (Wildman–Crippen MR) is 77.2 cm³/mol. The maximum Gasteiger partial charge on any atom is 0.229 e. The molecule has 1 aromatic heterocycles. The smallest absolute Gasteiger partial charge is 0.229 e. The van der Waals surface area contributed by atoms with Crippen LogP contribution in [0.1, 0.15) is 12.0 Å². The molecule has 1 aromatic carbocycles. The lowest BCUT2D eigenvalue weighted by Crippen LogP contribution is -2.31. The molecule has 0 aliphatic rings. The number of hydrogen-bond donors (Lipinski definition) is 0. The van der Waals surface area contributed by atoms with Crippen LogP contribution < -0.4 is 4.90 Å². The van der Waals surface area contributed by atoms with Crippen LogP contribution in [-0.4, -0.2) is 16.8 Å². The van der Waals surface area contributed by atoms with Crippen LogP contribution in [0.15, 0.2) is 54.7 Å². The summed E-state index contributed by atoms with van der Waals surface area (Å²) in [5.41, 5.74) is 1.07. The molecule has 2 rings (SSSR count). The minimum absolute atomic E-state index is 0.0162. The summed E-state index contributed by atoms with van der Waals surface area (Å²) >= 11 is 5.66. The van der Waals surface area contributed by atoms with E-state index >= 15 is 0 Å². The highest BCUT2D eigenvalue weighted by atomic mass is 35.5. The summed E-state index contributed by atoms with van der Waals surface area (Å²) < 4.78 is 0. The fraction of sp³-hybridized carbons (Fsp3) is 0.200. The molecular weight excluding hydrogens is 260 g/mol. The maximum absolute atomic E-state index is 12.1. The summed E-state index contributed by atoms with van der Waals surface area (Å²) in [5, 5.41) is 0. The van der Waals surface area contributed by atoms with Gasteiger partial charge in [-0.25, -0.2) is 4.98 Å². The number of anilines is 1. The number of nitrogens with zero attached hydrogens (tertiary/aromatic N) is 2. The first kappa shape index (κ1) is 13.6. The van der Waals surface area contributed by atoms with Crippen molar-refractivity contribution in [3.05, 3.63) is 60.3 Å². The molecule has 0 radical (unpaired) electrons. The van der Waals surface area contributed by atoms with Crippen LogP contribution in [0.2, 0.25) is 0 Å². The molecule has 2 aromatic rings. The lowest BCUT2D eigenvalue weighted by atomic mass is 10.2. The summed E-state index contributed by atoms with van der Waals surface area (Å²) in [6, 6.07) is 15.4. The lowest BCUT2D eigenvalue weighted by molar-refractivity contribution is -0.118. The lowest BCUT2D eigenvalue weighted by Gasteiger charge is -2.21. The minimum atomic E-state index is -0.0162. The zero-order valence-corrected chi connectivity index (χ0v) is 11.3. The monoisotopic (exact) mass is 274 g/mol. The number of hydrogen-bond acceptors (Lipinski definition) is 2. The van der Waals surface area contributed by atoms with Gasteiger partial charge in [-0.05, 0) is 17.7 Å². The van der Waals surface area contributed by atoms with E-state index in [9.17, 15) is 4.79 Å². The summed E-state index contributed by atoms with van der Waals surface area (Å²) in [4.78, 5) is 18.1. The van der Waals surface area contributed by atoms with Crippen molar-refractivity contribution < 1.29 is 4.79 Å². The van der Waals surface area contributed by atoms with E-state index in [1.165, 1.54) is 0 Å². The van der Waals surface area contributed by atoms with Gasteiger partial charge < -0.3 is 0 Å². The van der Waals surface area contributed by atoms with Crippen LogP contribution in [0.5, 0.6) is 0 Å². The predicted octanol–water partition coefficient (Wildman–Crippen LogP) is 3.24. The molecule has 1 amide bonds. The van der Waals surface area contributed by atoms with Crippen molar-refractivity contribution in [2.24, 2.45) is 0 Å². The Labute approximate surface area is 117 Å². The van der Waals surface area contributed by atoms with E-state index in [1.54, 1.807) is 11.1 Å². The second-order valence-corrected chi connectivity index (χ2v) is 4.47. The zero-order valence-electron chi connectivity index (χ0n) is 10.5. The maximum atomic E-state index is 12.1. The van der Waals surface area contributed by atoms with Crippen molar-refractivity contribution in [2.75, 3.05) is 10.8 Å². The molecule has 19 heavy (non-hydrogen) atoms. The van der Waals surface area contributed by atoms with E-state index in [4.69, 9.17) is 11.6 Å². The van der Waals surface area contributed by atoms with Crippen LogP contribution in [0.3, 0.4) is 0 Å². The number of amides is 1. The van der Waals surface area contributed by atoms with Gasteiger partial charge in [-0.1, -0.05) is 36.4 Å². The van der Waals surface area contributed by atoms with E-state index in [1.807, 2.05) is 48.5 Å². The first-order chi connectivity index (χ1) is 9.31. The second kappa shape index (κ2) is 6.90. The van der Waals surface area contributed by atoms with Crippen LogP contribution in [0, 0.1) is 0 Å². The Morgan fingerprint density at radius 1 is 1.11 bits per heavy atom. The Hall–Kier alpha value is -1.87. The molecule has 0 saturated carbocycles. The van der Waals surface area contributed by atoms with Crippen LogP contribution in [-0.2, 0) is 11.3 Å². The number of halogens is 1. The average molecular weight is 275 g/mol. The summed E-state index contributed by atoms with van der Waals surface area (Å²) in [6.07, 6.45) is 1.99. The van der Waals surface area contributed by atoms with Gasteiger partial charge in [-0.3, -0.25) is 9.69 Å². The van der Waals surface area contributed by atoms with E-state index in [0.717, 1.165) is 5.56 Å². The van der Waals surface area contributed by atoms with Gasteiger partial charge in [0.1, 0.15) is 5.82 Å². The average Bonchev–Trinajstić information content (AvgIpc) is 2.47. The molecule has 98 valence electrons. The molecule has 0 aliphatic carbocycles. The van der Waals surface area contributed by atoms with Crippen molar-refractivity contribution in [1.82, 2.24) is 4.98 Å². The number of carbonyl (C=O) groups is 1. The third-order valence-electron chi connectivity index (χ3n) is 2.72. The summed E-state index contributed by atoms with van der Waals surface area (Å²) in [6.45, 7) is 0.508. The summed E-state index contributed by atoms with van der Waals surface area (Å²) in [5.74, 6) is 0.954. The summed E-state index contributed by atoms with van der Waals surface area (Å²) in [7, 11) is 0. The van der Waals surface area contributed by atoms with Gasteiger partial charge in [-0.2, -0.15) is 0 Å². The van der Waals surface area contributed by atoms with E-state index < -0.39 is 0 Å². The van der Waals surface area contributed by atoms with Crippen molar-refractivity contribution in [2.45, 2.75) is 13.0 Å². The first-order valence-electron chi connectivity index (χ1n) is 6.12. The van der Waals surface area contributed by atoms with Crippen molar-refractivity contribution in [3.63, 3.8) is 0 Å². The number of benzene rings is 1. The molecule has 0 saturated heterocycles. The number of rotatable bonds is 5. The van der Waals surface area contributed by atoms with Gasteiger partial charge in [0.05, 0.1) is 6.54 Å². The molecular formula is C15H15ClN2O. The highest BCUT2D eigenvalue weighted by molar-refractivity contribution is 6.19. The highest BCUT2D eigenvalue weighted by Crippen LogP contribution is 2.15. The Morgan fingerprint density at radius 2 is 1.84 bits per heavy atom. The topological polar surface area (TPSA) is 33.2 Å². The molecule has 0 spiro atoms. The molecule has 0 atom stereocenters. The van der Waals surface area contributed by atoms with E-state index in [-0.39, 0.29) is 5.91 Å². The fourth-order valence-electron chi connectivity index (χ4n) is 1.79. The highest BCUT2D eigenvalue weighted by Gasteiger charge is 2.16. The Bertz CT molecular complexity index is 516. The molecule has 0 N–H and O–H groups in total. The molecule has 1 heterocycles. The quantitative estimate of drug-likeness (QED) is 0.784. The van der Waals surface area contributed by atoms with Crippen molar-refractivity contribution >= 4 is 23.3 Å². The molecule has 0 aliphatic heterocycles. The van der Waals surface area contributed by atoms with Crippen LogP contribution in [0.25, 0.3) is 0 Å². The van der Waals surface area contributed by atoms with Crippen molar-refractivity contribution in [1.29, 1.82) is 0 Å². The fourth-order valence-corrected chi connectivity index (χ4v) is 1.95. The largest absolute Gasteiger partial charge is 0.292 e. The molecule has 0 unspecified atom stereocenters. The minimum Gasteiger partial charge on any atom is -0.292 e. The first-order valence-corrected chi connectivity index (χ1v) is 6.66. The number of aromatic nitrogens is 1. The molecule has 0 bridgehead atoms. The standard InChI is InChI=1S/C15H15ClN2O/c16-10-9-15(19)18(14-8-4-5-11-17-14)12-13-6-2-1-3-7-13/h1-8,11H,9-10,12H2. The van der Waals surface area contributed by atoms with Crippen molar-refractivity contribution in [3.8, 4) is 0 Å². The molecule has 4 heteroatoms. The van der Waals surface area contributed by atoms with Gasteiger partial charge in [0.2, 0.25) is 5.91 Å². The Morgan fingerprint density at radius 3 is 2.47 bits per heavy atom. The second-order valence-electron chi connectivity index (χ2n) is 4.09. The van der Waals surface area contributed by atoms with Gasteiger partial charge in [0, 0.05) is 18.5 Å². The number of alkyl halides is 1. The van der Waals surface area contributed by atoms with Crippen LogP contribution >= 0.6 is 11.6 Å². The zero-order chi connectivity index (χ0) is 13.5. The van der Waals surface area contributed by atoms with Crippen LogP contribution in [0.4, 0.5) is 5.82 Å². The molecule has 3 nitrogen and oxygen atoms in total. The Kier molecular flexibility index (Phi) is 4.93. The van der Waals surface area contributed by atoms with E-state index in [2.05, 4.69) is 4.98 Å². The number of pyridine rings is 1. The van der Waals surface area contributed by atoms with Gasteiger partial charge >= 0.3 is 0 Å².